The average Bonchev–Trinajstić information content (AvgIpc) is 3.45. The molecule has 3 aliphatic heterocycles. The van der Waals surface area contributed by atoms with Gasteiger partial charge in [0, 0.05) is 16.5 Å². The first-order chi connectivity index (χ1) is 18.0. The standard InChI is InChI=1S/C23H26Cl2N5O7P/c1-22(2)35-18-16(9-33-38(31)32-5-4-15(36-38)12-6-13(24)8-14(25)7-12)34-21(23(18,3)37-22)30-11-29-17-19(26)27-10-28-20(17)30/h6-8,10-11,15-16,18,21H,4-5,9H2,1-3H3,(H2,26,27,28)/t15?,16-,18-,21-,23-,38?/m1/s1. The Balaban J connectivity index is 1.24. The number of hydrogen-bond donors (Lipinski definition) is 1. The molecule has 0 saturated carbocycles. The summed E-state index contributed by atoms with van der Waals surface area (Å²) in [6.07, 6.45) is 0.820. The molecule has 15 heteroatoms. The summed E-state index contributed by atoms with van der Waals surface area (Å²) in [6, 6.07) is 5.03. The predicted octanol–water partition coefficient (Wildman–Crippen LogP) is 4.83. The third-order valence-electron chi connectivity index (χ3n) is 6.75. The summed E-state index contributed by atoms with van der Waals surface area (Å²) in [6.45, 7) is 5.51. The Labute approximate surface area is 228 Å². The van der Waals surface area contributed by atoms with Crippen LogP contribution in [-0.4, -0.2) is 56.3 Å². The number of halogens is 2. The molecule has 3 aromatic rings. The Morgan fingerprint density at radius 2 is 1.95 bits per heavy atom. The van der Waals surface area contributed by atoms with Crippen molar-refractivity contribution in [3.63, 3.8) is 0 Å². The van der Waals surface area contributed by atoms with E-state index in [1.165, 1.54) is 6.33 Å². The van der Waals surface area contributed by atoms with Crippen LogP contribution >= 0.6 is 31.0 Å². The summed E-state index contributed by atoms with van der Waals surface area (Å²) in [5.74, 6) is -0.666. The largest absolute Gasteiger partial charge is 0.475 e. The number of phosphoric ester groups is 1. The van der Waals surface area contributed by atoms with Crippen molar-refractivity contribution in [3.05, 3.63) is 46.5 Å². The van der Waals surface area contributed by atoms with E-state index in [4.69, 9.17) is 56.7 Å². The molecule has 38 heavy (non-hydrogen) atoms. The zero-order valence-electron chi connectivity index (χ0n) is 20.7. The predicted molar refractivity (Wildman–Crippen MR) is 137 cm³/mol. The Kier molecular flexibility index (Phi) is 6.50. The second-order valence-electron chi connectivity index (χ2n) is 10.00. The van der Waals surface area contributed by atoms with Gasteiger partial charge in [-0.05, 0) is 44.5 Å². The second kappa shape index (κ2) is 9.36. The van der Waals surface area contributed by atoms with Crippen LogP contribution in [0.25, 0.3) is 11.2 Å². The van der Waals surface area contributed by atoms with Crippen LogP contribution in [0, 0.1) is 0 Å². The fourth-order valence-corrected chi connectivity index (χ4v) is 7.22. The molecule has 0 spiro atoms. The first-order valence-corrected chi connectivity index (χ1v) is 14.2. The number of nitrogens with zero attached hydrogens (tertiary/aromatic N) is 4. The summed E-state index contributed by atoms with van der Waals surface area (Å²) >= 11 is 12.3. The number of aromatic nitrogens is 4. The van der Waals surface area contributed by atoms with Gasteiger partial charge in [-0.2, -0.15) is 0 Å². The molecule has 3 aliphatic rings. The molecule has 0 amide bonds. The maximum atomic E-state index is 13.5. The molecule has 6 rings (SSSR count). The van der Waals surface area contributed by atoms with E-state index >= 15 is 0 Å². The molecule has 0 radical (unpaired) electrons. The molecule has 204 valence electrons. The number of phosphoric acid groups is 1. The quantitative estimate of drug-likeness (QED) is 0.411. The van der Waals surface area contributed by atoms with Crippen molar-refractivity contribution in [1.82, 2.24) is 19.5 Å². The zero-order chi connectivity index (χ0) is 26.9. The highest BCUT2D eigenvalue weighted by molar-refractivity contribution is 7.48. The van der Waals surface area contributed by atoms with Crippen molar-refractivity contribution < 1.29 is 32.3 Å². The second-order valence-corrected chi connectivity index (χ2v) is 12.5. The van der Waals surface area contributed by atoms with Gasteiger partial charge in [0.15, 0.2) is 23.5 Å². The summed E-state index contributed by atoms with van der Waals surface area (Å²) in [7, 11) is -3.95. The smallest absolute Gasteiger partial charge is 0.382 e. The van der Waals surface area contributed by atoms with E-state index in [0.29, 0.717) is 33.2 Å². The lowest BCUT2D eigenvalue weighted by molar-refractivity contribution is -0.217. The molecule has 0 bridgehead atoms. The maximum absolute atomic E-state index is 13.5. The van der Waals surface area contributed by atoms with E-state index in [1.807, 2.05) is 20.8 Å². The van der Waals surface area contributed by atoms with E-state index in [-0.39, 0.29) is 19.0 Å². The van der Waals surface area contributed by atoms with Crippen LogP contribution < -0.4 is 5.73 Å². The highest BCUT2D eigenvalue weighted by Gasteiger charge is 2.64. The summed E-state index contributed by atoms with van der Waals surface area (Å²) < 4.78 is 51.1. The van der Waals surface area contributed by atoms with Gasteiger partial charge >= 0.3 is 7.82 Å². The van der Waals surface area contributed by atoms with Gasteiger partial charge in [0.25, 0.3) is 0 Å². The number of benzene rings is 1. The highest BCUT2D eigenvalue weighted by atomic mass is 35.5. The Hall–Kier alpha value is -1.86. The van der Waals surface area contributed by atoms with E-state index in [1.54, 1.807) is 29.1 Å². The Bertz CT molecular complexity index is 1420. The van der Waals surface area contributed by atoms with E-state index < -0.39 is 43.8 Å². The van der Waals surface area contributed by atoms with Gasteiger partial charge in [0.1, 0.15) is 29.7 Å². The topological polar surface area (TPSA) is 142 Å². The van der Waals surface area contributed by atoms with Gasteiger partial charge in [-0.25, -0.2) is 19.5 Å². The van der Waals surface area contributed by atoms with Gasteiger partial charge in [-0.15, -0.1) is 0 Å². The van der Waals surface area contributed by atoms with Crippen LogP contribution in [0.1, 0.15) is 45.1 Å². The van der Waals surface area contributed by atoms with Crippen LogP contribution in [0.4, 0.5) is 5.82 Å². The van der Waals surface area contributed by atoms with Gasteiger partial charge < -0.3 is 19.9 Å². The van der Waals surface area contributed by atoms with Crippen molar-refractivity contribution >= 4 is 48.0 Å². The van der Waals surface area contributed by atoms with Crippen molar-refractivity contribution in [1.29, 1.82) is 0 Å². The van der Waals surface area contributed by atoms with Crippen molar-refractivity contribution in [3.8, 4) is 0 Å². The third-order valence-corrected chi connectivity index (χ3v) is 8.67. The van der Waals surface area contributed by atoms with Crippen molar-refractivity contribution in [2.24, 2.45) is 0 Å². The molecule has 2 aromatic heterocycles. The average molecular weight is 586 g/mol. The number of rotatable bonds is 5. The number of imidazole rings is 1. The Morgan fingerprint density at radius 1 is 1.18 bits per heavy atom. The molecule has 2 N–H and O–H groups in total. The van der Waals surface area contributed by atoms with Gasteiger partial charge in [0.05, 0.1) is 25.6 Å². The fourth-order valence-electron chi connectivity index (χ4n) is 5.28. The third kappa shape index (κ3) is 4.61. The molecule has 2 unspecified atom stereocenters. The monoisotopic (exact) mass is 585 g/mol. The van der Waals surface area contributed by atoms with Gasteiger partial charge in [-0.3, -0.25) is 18.1 Å². The minimum atomic E-state index is -3.95. The first kappa shape index (κ1) is 26.4. The Morgan fingerprint density at radius 3 is 2.71 bits per heavy atom. The minimum Gasteiger partial charge on any atom is -0.382 e. The molecule has 12 nitrogen and oxygen atoms in total. The van der Waals surface area contributed by atoms with E-state index in [9.17, 15) is 4.57 Å². The number of nitrogen functional groups attached to an aromatic ring is 1. The fraction of sp³-hybridized carbons (Fsp3) is 0.522. The number of ether oxygens (including phenoxy) is 3. The van der Waals surface area contributed by atoms with Crippen LogP contribution in [0.5, 0.6) is 0 Å². The maximum Gasteiger partial charge on any atom is 0.475 e. The van der Waals surface area contributed by atoms with Crippen LogP contribution in [-0.2, 0) is 32.3 Å². The zero-order valence-corrected chi connectivity index (χ0v) is 23.2. The van der Waals surface area contributed by atoms with Crippen LogP contribution in [0.15, 0.2) is 30.9 Å². The molecule has 6 atom stereocenters. The summed E-state index contributed by atoms with van der Waals surface area (Å²) in [5.41, 5.74) is 6.61. The molecule has 3 saturated heterocycles. The lowest BCUT2D eigenvalue weighted by atomic mass is 9.96. The van der Waals surface area contributed by atoms with Crippen molar-refractivity contribution in [2.75, 3.05) is 18.9 Å². The normalized spacial score (nSPS) is 34.6. The number of anilines is 1. The number of nitrogens with two attached hydrogens (primary N) is 1. The van der Waals surface area contributed by atoms with Crippen molar-refractivity contribution in [2.45, 2.75) is 63.1 Å². The SMILES string of the molecule is CC1(C)O[C@@H]2[C@@H](COP3(=O)OCCC(c4cc(Cl)cc(Cl)c4)O3)O[C@@H](n3cnc4c(N)ncnc43)[C@]2(C)O1. The lowest BCUT2D eigenvalue weighted by Gasteiger charge is -2.30. The first-order valence-electron chi connectivity index (χ1n) is 12.0. The van der Waals surface area contributed by atoms with Crippen LogP contribution in [0.3, 0.4) is 0 Å². The van der Waals surface area contributed by atoms with E-state index in [0.717, 1.165) is 0 Å². The molecular weight excluding hydrogens is 560 g/mol. The molecule has 3 fully saturated rings. The lowest BCUT2D eigenvalue weighted by Crippen LogP contribution is -2.42. The molecule has 5 heterocycles. The van der Waals surface area contributed by atoms with E-state index in [2.05, 4.69) is 15.0 Å². The molecule has 1 aromatic carbocycles. The molecular formula is C23H26Cl2N5O7P. The number of fused-ring (bicyclic) bond motifs is 2. The number of hydrogen-bond acceptors (Lipinski definition) is 11. The summed E-state index contributed by atoms with van der Waals surface area (Å²) in [5, 5.41) is 0.895. The molecule has 0 aliphatic carbocycles. The highest BCUT2D eigenvalue weighted by Crippen LogP contribution is 2.58. The minimum absolute atomic E-state index is 0.153. The van der Waals surface area contributed by atoms with Gasteiger partial charge in [0.2, 0.25) is 0 Å². The van der Waals surface area contributed by atoms with Crippen LogP contribution in [0.2, 0.25) is 10.0 Å². The van der Waals surface area contributed by atoms with Gasteiger partial charge in [-0.1, -0.05) is 23.2 Å². The summed E-state index contributed by atoms with van der Waals surface area (Å²) in [4.78, 5) is 12.7.